The van der Waals surface area contributed by atoms with Gasteiger partial charge in [-0.05, 0) is 74.4 Å². The van der Waals surface area contributed by atoms with Crippen molar-refractivity contribution in [3.8, 4) is 5.75 Å². The van der Waals surface area contributed by atoms with Gasteiger partial charge in [-0.3, -0.25) is 13.9 Å². The van der Waals surface area contributed by atoms with E-state index in [2.05, 4.69) is 5.32 Å². The van der Waals surface area contributed by atoms with Crippen LogP contribution in [0.5, 0.6) is 5.75 Å². The highest BCUT2D eigenvalue weighted by Gasteiger charge is 2.32. The number of nitrogens with one attached hydrogen (secondary N) is 1. The topological polar surface area (TPSA) is 96.0 Å². The van der Waals surface area contributed by atoms with Gasteiger partial charge in [-0.1, -0.05) is 43.2 Å². The number of rotatable bonds is 13. The van der Waals surface area contributed by atoms with Crippen LogP contribution < -0.4 is 14.4 Å². The Hall–Kier alpha value is -3.92. The van der Waals surface area contributed by atoms with Crippen molar-refractivity contribution in [3.05, 3.63) is 89.7 Å². The number of hydrogen-bond donors (Lipinski definition) is 1. The summed E-state index contributed by atoms with van der Waals surface area (Å²) in [6.07, 6.45) is 1.69. The van der Waals surface area contributed by atoms with Gasteiger partial charge in [0, 0.05) is 13.1 Å². The summed E-state index contributed by atoms with van der Waals surface area (Å²) in [5, 5.41) is 2.85. The summed E-state index contributed by atoms with van der Waals surface area (Å²) in [5.41, 5.74) is 1.89. The van der Waals surface area contributed by atoms with Crippen LogP contribution in [0.3, 0.4) is 0 Å². The summed E-state index contributed by atoms with van der Waals surface area (Å²) >= 11 is 0. The molecule has 0 aromatic heterocycles. The summed E-state index contributed by atoms with van der Waals surface area (Å²) in [5.74, 6) is -0.908. The molecule has 0 heterocycles. The summed E-state index contributed by atoms with van der Waals surface area (Å²) in [7, 11) is -2.73. The third kappa shape index (κ3) is 7.81. The molecule has 0 radical (unpaired) electrons. The Kier molecular flexibility index (Phi) is 10.7. The van der Waals surface area contributed by atoms with E-state index in [1.165, 1.54) is 12.0 Å². The second kappa shape index (κ2) is 13.9. The van der Waals surface area contributed by atoms with E-state index in [1.807, 2.05) is 13.8 Å². The van der Waals surface area contributed by atoms with Crippen LogP contribution in [0.25, 0.3) is 0 Å². The molecule has 0 saturated carbocycles. The Labute approximate surface area is 235 Å². The Morgan fingerprint density at radius 3 is 2.33 bits per heavy atom. The lowest BCUT2D eigenvalue weighted by molar-refractivity contribution is -0.139. The first-order chi connectivity index (χ1) is 19.1. The molecular weight excluding hydrogens is 533 g/mol. The third-order valence-corrected chi connectivity index (χ3v) is 8.27. The van der Waals surface area contributed by atoms with E-state index in [4.69, 9.17) is 4.74 Å². The fraction of sp³-hybridized carbons (Fsp3) is 0.333. The molecule has 1 N–H and O–H groups in total. The number of aryl methyl sites for hydroxylation is 1. The van der Waals surface area contributed by atoms with Crippen molar-refractivity contribution in [3.63, 3.8) is 0 Å². The number of anilines is 1. The summed E-state index contributed by atoms with van der Waals surface area (Å²) in [6, 6.07) is 17.4. The number of amides is 2. The second-order valence-electron chi connectivity index (χ2n) is 9.49. The van der Waals surface area contributed by atoms with Gasteiger partial charge in [-0.2, -0.15) is 0 Å². The fourth-order valence-corrected chi connectivity index (χ4v) is 5.47. The molecule has 214 valence electrons. The molecule has 0 aliphatic carbocycles. The van der Waals surface area contributed by atoms with E-state index in [9.17, 15) is 22.4 Å². The standard InChI is InChI=1S/C30H36FN3O5S/c1-5-6-18-32-30(36)23(3)33(20-24-8-7-9-27(19-24)39-4)29(35)21-34(26-14-10-22(2)11-15-26)40(37,38)28-16-12-25(31)13-17-28/h7-17,19,23H,5-6,18,20-21H2,1-4H3,(H,32,36). The van der Waals surface area contributed by atoms with Crippen molar-refractivity contribution in [2.45, 2.75) is 51.1 Å². The number of sulfonamides is 1. The maximum atomic E-state index is 13.9. The molecule has 0 spiro atoms. The van der Waals surface area contributed by atoms with E-state index in [1.54, 1.807) is 55.5 Å². The molecular formula is C30H36FN3O5S. The molecule has 0 aliphatic rings. The monoisotopic (exact) mass is 569 g/mol. The van der Waals surface area contributed by atoms with Gasteiger partial charge in [0.25, 0.3) is 10.0 Å². The SMILES string of the molecule is CCCCNC(=O)C(C)N(Cc1cccc(OC)c1)C(=O)CN(c1ccc(C)cc1)S(=O)(=O)c1ccc(F)cc1. The fourth-order valence-electron chi connectivity index (χ4n) is 4.06. The number of methoxy groups -OCH3 is 1. The van der Waals surface area contributed by atoms with Crippen LogP contribution in [0.2, 0.25) is 0 Å². The average Bonchev–Trinajstić information content (AvgIpc) is 2.95. The minimum absolute atomic E-state index is 0.0523. The molecule has 0 saturated heterocycles. The third-order valence-electron chi connectivity index (χ3n) is 6.49. The molecule has 40 heavy (non-hydrogen) atoms. The summed E-state index contributed by atoms with van der Waals surface area (Å²) in [6.45, 7) is 5.44. The van der Waals surface area contributed by atoms with Crippen molar-refractivity contribution >= 4 is 27.5 Å². The van der Waals surface area contributed by atoms with Crippen LogP contribution in [-0.4, -0.2) is 51.4 Å². The van der Waals surface area contributed by atoms with Crippen molar-refractivity contribution < 1.29 is 27.1 Å². The highest BCUT2D eigenvalue weighted by atomic mass is 32.2. The lowest BCUT2D eigenvalue weighted by Gasteiger charge is -2.32. The van der Waals surface area contributed by atoms with Gasteiger partial charge < -0.3 is 15.0 Å². The van der Waals surface area contributed by atoms with Gasteiger partial charge in [0.1, 0.15) is 24.2 Å². The van der Waals surface area contributed by atoms with E-state index in [0.29, 0.717) is 17.9 Å². The molecule has 0 fully saturated rings. The first-order valence-corrected chi connectivity index (χ1v) is 14.6. The first kappa shape index (κ1) is 30.6. The van der Waals surface area contributed by atoms with Crippen LogP contribution in [-0.2, 0) is 26.2 Å². The van der Waals surface area contributed by atoms with Crippen molar-refractivity contribution in [2.24, 2.45) is 0 Å². The molecule has 1 atom stereocenters. The summed E-state index contributed by atoms with van der Waals surface area (Å²) < 4.78 is 47.4. The van der Waals surface area contributed by atoms with Crippen LogP contribution in [0, 0.1) is 12.7 Å². The highest BCUT2D eigenvalue weighted by molar-refractivity contribution is 7.92. The van der Waals surface area contributed by atoms with E-state index in [0.717, 1.165) is 47.0 Å². The Morgan fingerprint density at radius 2 is 1.70 bits per heavy atom. The largest absolute Gasteiger partial charge is 0.497 e. The van der Waals surface area contributed by atoms with Gasteiger partial charge in [-0.15, -0.1) is 0 Å². The average molecular weight is 570 g/mol. The number of ether oxygens (including phenoxy) is 1. The van der Waals surface area contributed by atoms with Gasteiger partial charge in [-0.25, -0.2) is 12.8 Å². The zero-order valence-electron chi connectivity index (χ0n) is 23.3. The second-order valence-corrected chi connectivity index (χ2v) is 11.4. The molecule has 3 aromatic rings. The van der Waals surface area contributed by atoms with Crippen LogP contribution in [0.4, 0.5) is 10.1 Å². The number of carbonyl (C=O) groups excluding carboxylic acids is 2. The van der Waals surface area contributed by atoms with Gasteiger partial charge in [0.2, 0.25) is 11.8 Å². The molecule has 2 amide bonds. The smallest absolute Gasteiger partial charge is 0.264 e. The molecule has 1 unspecified atom stereocenters. The van der Waals surface area contributed by atoms with E-state index < -0.39 is 34.3 Å². The van der Waals surface area contributed by atoms with Crippen LogP contribution in [0.15, 0.2) is 77.7 Å². The quantitative estimate of drug-likeness (QED) is 0.302. The lowest BCUT2D eigenvalue weighted by atomic mass is 10.1. The molecule has 0 bridgehead atoms. The minimum Gasteiger partial charge on any atom is -0.497 e. The molecule has 3 rings (SSSR count). The predicted molar refractivity (Wildman–Crippen MR) is 153 cm³/mol. The maximum absolute atomic E-state index is 13.9. The zero-order valence-corrected chi connectivity index (χ0v) is 24.1. The molecule has 3 aromatic carbocycles. The number of hydrogen-bond acceptors (Lipinski definition) is 5. The number of halogens is 1. The molecule has 0 aliphatic heterocycles. The molecule has 8 nitrogen and oxygen atoms in total. The normalized spacial score (nSPS) is 11.9. The predicted octanol–water partition coefficient (Wildman–Crippen LogP) is 4.67. The number of benzene rings is 3. The van der Waals surface area contributed by atoms with E-state index in [-0.39, 0.29) is 23.0 Å². The lowest BCUT2D eigenvalue weighted by Crippen LogP contribution is -2.51. The summed E-state index contributed by atoms with van der Waals surface area (Å²) in [4.78, 5) is 28.1. The number of unbranched alkanes of at least 4 members (excludes halogenated alkanes) is 1. The highest BCUT2D eigenvalue weighted by Crippen LogP contribution is 2.25. The maximum Gasteiger partial charge on any atom is 0.264 e. The van der Waals surface area contributed by atoms with Gasteiger partial charge in [0.05, 0.1) is 17.7 Å². The number of nitrogens with zero attached hydrogens (tertiary/aromatic N) is 2. The van der Waals surface area contributed by atoms with Crippen molar-refractivity contribution in [1.82, 2.24) is 10.2 Å². The van der Waals surface area contributed by atoms with Gasteiger partial charge >= 0.3 is 0 Å². The zero-order chi connectivity index (χ0) is 29.3. The Morgan fingerprint density at radius 1 is 1.02 bits per heavy atom. The first-order valence-electron chi connectivity index (χ1n) is 13.1. The Balaban J connectivity index is 2.00. The van der Waals surface area contributed by atoms with E-state index >= 15 is 0 Å². The van der Waals surface area contributed by atoms with Crippen LogP contribution >= 0.6 is 0 Å². The number of carbonyl (C=O) groups is 2. The van der Waals surface area contributed by atoms with Crippen molar-refractivity contribution in [2.75, 3.05) is 24.5 Å². The van der Waals surface area contributed by atoms with Crippen molar-refractivity contribution in [1.29, 1.82) is 0 Å². The van der Waals surface area contributed by atoms with Gasteiger partial charge in [0.15, 0.2) is 0 Å². The Bertz CT molecular complexity index is 1400. The molecule has 10 heteroatoms. The van der Waals surface area contributed by atoms with Crippen LogP contribution in [0.1, 0.15) is 37.8 Å². The minimum atomic E-state index is -4.26.